The van der Waals surface area contributed by atoms with Gasteiger partial charge in [0.25, 0.3) is 5.91 Å². The highest BCUT2D eigenvalue weighted by atomic mass is 16.5. The zero-order chi connectivity index (χ0) is 16.4. The van der Waals surface area contributed by atoms with Gasteiger partial charge >= 0.3 is 5.97 Å². The van der Waals surface area contributed by atoms with Crippen molar-refractivity contribution in [3.05, 3.63) is 36.1 Å². The number of amides is 1. The summed E-state index contributed by atoms with van der Waals surface area (Å²) < 4.78 is 10.6. The topological polar surface area (TPSA) is 59.8 Å². The Labute approximate surface area is 135 Å². The minimum Gasteiger partial charge on any atom is -0.450 e. The number of hydrogen-bond acceptors (Lipinski definition) is 4. The lowest BCUT2D eigenvalue weighted by Gasteiger charge is -2.38. The van der Waals surface area contributed by atoms with Crippen LogP contribution in [0.1, 0.15) is 43.7 Å². The molecule has 0 N–H and O–H groups in total. The number of benzene rings is 1. The van der Waals surface area contributed by atoms with Gasteiger partial charge in [-0.3, -0.25) is 4.79 Å². The van der Waals surface area contributed by atoms with Gasteiger partial charge in [0.05, 0.1) is 0 Å². The number of likely N-dealkylation sites (tertiary alicyclic amines) is 1. The third kappa shape index (κ3) is 3.23. The normalized spacial score (nSPS) is 21.4. The first-order valence-electron chi connectivity index (χ1n) is 8.03. The maximum absolute atomic E-state index is 12.3. The molecule has 0 unspecified atom stereocenters. The second kappa shape index (κ2) is 6.44. The van der Waals surface area contributed by atoms with Gasteiger partial charge in [0.1, 0.15) is 5.58 Å². The van der Waals surface area contributed by atoms with Crippen molar-refractivity contribution in [1.82, 2.24) is 4.90 Å². The summed E-state index contributed by atoms with van der Waals surface area (Å²) >= 11 is 0. The number of hydrogen-bond donors (Lipinski definition) is 0. The van der Waals surface area contributed by atoms with Gasteiger partial charge in [-0.15, -0.1) is 0 Å². The first-order valence-corrected chi connectivity index (χ1v) is 8.03. The second-order valence-corrected chi connectivity index (χ2v) is 6.15. The predicted octanol–water partition coefficient (Wildman–Crippen LogP) is 3.38. The minimum absolute atomic E-state index is 0.124. The van der Waals surface area contributed by atoms with E-state index < -0.39 is 5.97 Å². The number of nitrogens with zero attached hydrogens (tertiary/aromatic N) is 1. The minimum atomic E-state index is -0.605. The van der Waals surface area contributed by atoms with Crippen LogP contribution in [0.25, 0.3) is 11.0 Å². The molecule has 0 spiro atoms. The van der Waals surface area contributed by atoms with E-state index in [9.17, 15) is 9.59 Å². The maximum atomic E-state index is 12.3. The van der Waals surface area contributed by atoms with Crippen molar-refractivity contribution in [1.29, 1.82) is 0 Å². The zero-order valence-corrected chi connectivity index (χ0v) is 13.5. The Bertz CT molecular complexity index is 678. The molecule has 1 aromatic carbocycles. The quantitative estimate of drug-likeness (QED) is 0.815. The summed E-state index contributed by atoms with van der Waals surface area (Å²) in [6.07, 6.45) is 3.12. The van der Waals surface area contributed by atoms with Crippen LogP contribution in [0.2, 0.25) is 0 Å². The highest BCUT2D eigenvalue weighted by molar-refractivity contribution is 5.93. The van der Waals surface area contributed by atoms with E-state index in [0.29, 0.717) is 5.58 Å². The fraction of sp³-hybridized carbons (Fsp3) is 0.444. The highest BCUT2D eigenvalue weighted by Crippen LogP contribution is 2.23. The van der Waals surface area contributed by atoms with E-state index in [4.69, 9.17) is 9.15 Å². The van der Waals surface area contributed by atoms with Gasteiger partial charge in [-0.25, -0.2) is 4.79 Å². The Morgan fingerprint density at radius 3 is 2.61 bits per heavy atom. The number of rotatable bonds is 3. The third-order valence-electron chi connectivity index (χ3n) is 4.43. The van der Waals surface area contributed by atoms with Gasteiger partial charge < -0.3 is 14.1 Å². The van der Waals surface area contributed by atoms with Gasteiger partial charge in [-0.05, 0) is 45.2 Å². The average Bonchev–Trinajstić information content (AvgIpc) is 2.96. The Morgan fingerprint density at radius 2 is 1.91 bits per heavy atom. The number of piperidine rings is 1. The molecule has 2 heterocycles. The van der Waals surface area contributed by atoms with Crippen LogP contribution in [-0.4, -0.2) is 35.5 Å². The summed E-state index contributed by atoms with van der Waals surface area (Å²) in [5.74, 6) is -0.625. The molecule has 1 aromatic heterocycles. The Hall–Kier alpha value is -2.30. The fourth-order valence-electron chi connectivity index (χ4n) is 3.27. The first kappa shape index (κ1) is 15.6. The molecule has 0 radical (unpaired) electrons. The van der Waals surface area contributed by atoms with E-state index in [1.807, 2.05) is 36.9 Å². The van der Waals surface area contributed by atoms with E-state index in [0.717, 1.165) is 24.6 Å². The summed E-state index contributed by atoms with van der Waals surface area (Å²) in [5, 5.41) is 0.837. The zero-order valence-electron chi connectivity index (χ0n) is 13.5. The molecular weight excluding hydrogens is 294 g/mol. The fourth-order valence-corrected chi connectivity index (χ4v) is 3.27. The number of carbonyl (C=O) groups is 2. The van der Waals surface area contributed by atoms with Crippen LogP contribution in [-0.2, 0) is 9.53 Å². The molecule has 0 saturated carbocycles. The van der Waals surface area contributed by atoms with Gasteiger partial charge in [0.15, 0.2) is 6.61 Å². The molecule has 1 aliphatic heterocycles. The number of carbonyl (C=O) groups excluding carboxylic acids is 2. The first-order chi connectivity index (χ1) is 11.1. The van der Waals surface area contributed by atoms with E-state index in [2.05, 4.69) is 0 Å². The number of esters is 1. The molecule has 1 saturated heterocycles. The monoisotopic (exact) mass is 315 g/mol. The molecule has 122 valence electrons. The molecule has 5 heteroatoms. The number of ether oxygens (including phenoxy) is 1. The Kier molecular flexibility index (Phi) is 4.37. The number of para-hydroxylation sites is 1. The molecule has 1 aliphatic rings. The van der Waals surface area contributed by atoms with Crippen molar-refractivity contribution in [2.24, 2.45) is 0 Å². The lowest BCUT2D eigenvalue weighted by molar-refractivity contribution is -0.140. The number of furan rings is 1. The number of fused-ring (bicyclic) bond motifs is 1. The van der Waals surface area contributed by atoms with Crippen LogP contribution in [0.5, 0.6) is 0 Å². The smallest absolute Gasteiger partial charge is 0.374 e. The lowest BCUT2D eigenvalue weighted by atomic mass is 9.97. The summed E-state index contributed by atoms with van der Waals surface area (Å²) in [4.78, 5) is 26.3. The van der Waals surface area contributed by atoms with Gasteiger partial charge in [-0.2, -0.15) is 0 Å². The van der Waals surface area contributed by atoms with Gasteiger partial charge in [-0.1, -0.05) is 18.2 Å². The van der Waals surface area contributed by atoms with E-state index in [1.165, 1.54) is 0 Å². The molecule has 3 rings (SSSR count). The van der Waals surface area contributed by atoms with Crippen LogP contribution in [0.3, 0.4) is 0 Å². The molecule has 23 heavy (non-hydrogen) atoms. The van der Waals surface area contributed by atoms with Crippen LogP contribution < -0.4 is 0 Å². The SMILES string of the molecule is C[C@@H]1CCC[C@H](C)N1C(=O)COC(=O)c1cc2ccccc2o1. The molecule has 1 amide bonds. The van der Waals surface area contributed by atoms with Crippen molar-refractivity contribution < 1.29 is 18.7 Å². The van der Waals surface area contributed by atoms with Crippen molar-refractivity contribution in [2.45, 2.75) is 45.2 Å². The second-order valence-electron chi connectivity index (χ2n) is 6.15. The molecule has 1 fully saturated rings. The standard InChI is InChI=1S/C18H21NO4/c1-12-6-5-7-13(2)19(12)17(20)11-22-18(21)16-10-14-8-3-4-9-15(14)23-16/h3-4,8-10,12-13H,5-7,11H2,1-2H3/t12-,13+. The van der Waals surface area contributed by atoms with E-state index >= 15 is 0 Å². The van der Waals surface area contributed by atoms with E-state index in [1.54, 1.807) is 12.1 Å². The van der Waals surface area contributed by atoms with Crippen molar-refractivity contribution in [3.63, 3.8) is 0 Å². The molecular formula is C18H21NO4. The van der Waals surface area contributed by atoms with Crippen LogP contribution in [0.15, 0.2) is 34.7 Å². The molecule has 0 aliphatic carbocycles. The highest BCUT2D eigenvalue weighted by Gasteiger charge is 2.29. The van der Waals surface area contributed by atoms with E-state index in [-0.39, 0.29) is 30.4 Å². The van der Waals surface area contributed by atoms with Gasteiger partial charge in [0, 0.05) is 17.5 Å². The van der Waals surface area contributed by atoms with Gasteiger partial charge in [0.2, 0.25) is 5.76 Å². The lowest BCUT2D eigenvalue weighted by Crippen LogP contribution is -2.49. The van der Waals surface area contributed by atoms with Crippen LogP contribution in [0.4, 0.5) is 0 Å². The molecule has 2 aromatic rings. The van der Waals surface area contributed by atoms with Crippen molar-refractivity contribution in [3.8, 4) is 0 Å². The Balaban J connectivity index is 1.63. The predicted molar refractivity (Wildman–Crippen MR) is 86.1 cm³/mol. The largest absolute Gasteiger partial charge is 0.450 e. The third-order valence-corrected chi connectivity index (χ3v) is 4.43. The van der Waals surface area contributed by atoms with Crippen molar-refractivity contribution in [2.75, 3.05) is 6.61 Å². The molecule has 5 nitrogen and oxygen atoms in total. The maximum Gasteiger partial charge on any atom is 0.374 e. The molecule has 2 atom stereocenters. The average molecular weight is 315 g/mol. The summed E-state index contributed by atoms with van der Waals surface area (Å²) in [5.41, 5.74) is 0.629. The summed E-state index contributed by atoms with van der Waals surface area (Å²) in [6, 6.07) is 9.37. The summed E-state index contributed by atoms with van der Waals surface area (Å²) in [7, 11) is 0. The Morgan fingerprint density at radius 1 is 1.22 bits per heavy atom. The van der Waals surface area contributed by atoms with Crippen LogP contribution >= 0.6 is 0 Å². The molecule has 0 bridgehead atoms. The summed E-state index contributed by atoms with van der Waals surface area (Å²) in [6.45, 7) is 3.83. The van der Waals surface area contributed by atoms with Crippen molar-refractivity contribution >= 4 is 22.8 Å². The van der Waals surface area contributed by atoms with Crippen LogP contribution in [0, 0.1) is 0 Å².